The lowest BCUT2D eigenvalue weighted by Gasteiger charge is -2.29. The predicted molar refractivity (Wildman–Crippen MR) is 27.2 cm³/mol. The van der Waals surface area contributed by atoms with Gasteiger partial charge < -0.3 is 0 Å². The fraction of sp³-hybridized carbons (Fsp3) is 0.833. The Kier molecular flexibility index (Phi) is 0.868. The largest absolute Gasteiger partial charge is 0.0622 e. The first kappa shape index (κ1) is 4.17. The van der Waals surface area contributed by atoms with Gasteiger partial charge in [0.2, 0.25) is 0 Å². The summed E-state index contributed by atoms with van der Waals surface area (Å²) in [5, 5.41) is 0. The Balaban J connectivity index is 2.20. The molecule has 0 saturated heterocycles. The molecule has 0 aromatic carbocycles. The quantitative estimate of drug-likeness (QED) is 0.419. The first-order chi connectivity index (χ1) is 2.80. The summed E-state index contributed by atoms with van der Waals surface area (Å²) in [7, 11) is 0. The fourth-order valence-corrected chi connectivity index (χ4v) is 0.736. The second-order valence-electron chi connectivity index (χ2n) is 2.31. The van der Waals surface area contributed by atoms with Crippen molar-refractivity contribution >= 4 is 0 Å². The van der Waals surface area contributed by atoms with E-state index < -0.39 is 0 Å². The summed E-state index contributed by atoms with van der Waals surface area (Å²) < 4.78 is 0. The maximum absolute atomic E-state index is 3.92. The molecule has 0 aromatic rings. The van der Waals surface area contributed by atoms with Gasteiger partial charge in [-0.3, -0.25) is 0 Å². The summed E-state index contributed by atoms with van der Waals surface area (Å²) in [6.07, 6.45) is 2.77. The Morgan fingerprint density at radius 1 is 1.50 bits per heavy atom. The Bertz CT molecular complexity index is 40.0. The highest BCUT2D eigenvalue weighted by atomic mass is 14.3. The lowest BCUT2D eigenvalue weighted by Crippen LogP contribution is -2.19. The van der Waals surface area contributed by atoms with Gasteiger partial charge in [-0.05, 0) is 25.2 Å². The van der Waals surface area contributed by atoms with Crippen molar-refractivity contribution in [2.75, 3.05) is 0 Å². The van der Waals surface area contributed by atoms with Crippen molar-refractivity contribution in [1.29, 1.82) is 0 Å². The van der Waals surface area contributed by atoms with Crippen LogP contribution in [0.25, 0.3) is 0 Å². The zero-order valence-electron chi connectivity index (χ0n) is 4.28. The van der Waals surface area contributed by atoms with Crippen LogP contribution < -0.4 is 0 Å². The Labute approximate surface area is 39.6 Å². The first-order valence-electron chi connectivity index (χ1n) is 2.64. The molecule has 1 aliphatic rings. The average molecular weight is 83.2 g/mol. The van der Waals surface area contributed by atoms with Crippen molar-refractivity contribution in [3.63, 3.8) is 0 Å². The van der Waals surface area contributed by atoms with Crippen LogP contribution in [0, 0.1) is 18.8 Å². The summed E-state index contributed by atoms with van der Waals surface area (Å²) in [5.74, 6) is 1.70. The Hall–Kier alpha value is 0. The molecule has 0 aliphatic heterocycles. The second-order valence-corrected chi connectivity index (χ2v) is 2.31. The maximum atomic E-state index is 3.92. The van der Waals surface area contributed by atoms with Gasteiger partial charge in [-0.1, -0.05) is 13.3 Å². The van der Waals surface area contributed by atoms with Gasteiger partial charge in [-0.15, -0.1) is 0 Å². The molecule has 0 spiro atoms. The molecule has 35 valence electrons. The van der Waals surface area contributed by atoms with Crippen LogP contribution in [-0.4, -0.2) is 0 Å². The van der Waals surface area contributed by atoms with Crippen molar-refractivity contribution in [1.82, 2.24) is 0 Å². The predicted octanol–water partition coefficient (Wildman–Crippen LogP) is 1.87. The summed E-state index contributed by atoms with van der Waals surface area (Å²) in [6, 6.07) is 0. The molecule has 1 radical (unpaired) electrons. The molecule has 0 amide bonds. The molecule has 1 saturated carbocycles. The molecule has 1 rings (SSSR count). The van der Waals surface area contributed by atoms with Gasteiger partial charge in [0.25, 0.3) is 0 Å². The van der Waals surface area contributed by atoms with Crippen LogP contribution in [0.4, 0.5) is 0 Å². The van der Waals surface area contributed by atoms with Gasteiger partial charge in [0.05, 0.1) is 0 Å². The lowest BCUT2D eigenvalue weighted by atomic mass is 9.77. The smallest absolute Gasteiger partial charge is 0.0388 e. The summed E-state index contributed by atoms with van der Waals surface area (Å²) in [6.45, 7) is 6.19. The molecule has 0 heteroatoms. The van der Waals surface area contributed by atoms with Crippen LogP contribution in [0.3, 0.4) is 0 Å². The number of hydrogen-bond donors (Lipinski definition) is 0. The third kappa shape index (κ3) is 0.444. The van der Waals surface area contributed by atoms with Crippen LogP contribution >= 0.6 is 0 Å². The van der Waals surface area contributed by atoms with E-state index in [0.717, 1.165) is 11.8 Å². The van der Waals surface area contributed by atoms with Crippen molar-refractivity contribution in [2.24, 2.45) is 11.8 Å². The minimum Gasteiger partial charge on any atom is -0.0622 e. The lowest BCUT2D eigenvalue weighted by molar-refractivity contribution is 0.248. The second kappa shape index (κ2) is 1.25. The van der Waals surface area contributed by atoms with Crippen molar-refractivity contribution in [3.05, 3.63) is 6.92 Å². The van der Waals surface area contributed by atoms with E-state index in [1.54, 1.807) is 0 Å². The zero-order valence-corrected chi connectivity index (χ0v) is 4.28. The van der Waals surface area contributed by atoms with E-state index in [-0.39, 0.29) is 0 Å². The van der Waals surface area contributed by atoms with Crippen LogP contribution in [0.15, 0.2) is 0 Å². The summed E-state index contributed by atoms with van der Waals surface area (Å²) in [4.78, 5) is 0. The van der Waals surface area contributed by atoms with E-state index in [0.29, 0.717) is 0 Å². The summed E-state index contributed by atoms with van der Waals surface area (Å²) in [5.41, 5.74) is 0. The number of rotatable bonds is 0. The monoisotopic (exact) mass is 83.1 g/mol. The van der Waals surface area contributed by atoms with Gasteiger partial charge in [0.1, 0.15) is 0 Å². The Morgan fingerprint density at radius 2 is 2.00 bits per heavy atom. The van der Waals surface area contributed by atoms with Gasteiger partial charge in [-0.2, -0.15) is 0 Å². The van der Waals surface area contributed by atoms with Crippen LogP contribution in [0.5, 0.6) is 0 Å². The average Bonchev–Trinajstić information content (AvgIpc) is 1.61. The highest BCUT2D eigenvalue weighted by molar-refractivity contribution is 4.77. The molecule has 0 N–H and O–H groups in total. The molecule has 0 bridgehead atoms. The molecular formula is C6H11. The highest BCUT2D eigenvalue weighted by Crippen LogP contribution is 2.31. The van der Waals surface area contributed by atoms with Gasteiger partial charge in [-0.25, -0.2) is 0 Å². The van der Waals surface area contributed by atoms with Gasteiger partial charge in [0, 0.05) is 0 Å². The minimum absolute atomic E-state index is 0.782. The van der Waals surface area contributed by atoms with E-state index in [4.69, 9.17) is 0 Å². The standard InChI is InChI=1S/C6H11/c1-5-3-4-6(5)2/h5-6H,1,3-4H2,2H3/t5-,6+/m1/s1. The van der Waals surface area contributed by atoms with E-state index in [9.17, 15) is 0 Å². The van der Waals surface area contributed by atoms with E-state index in [1.165, 1.54) is 12.8 Å². The van der Waals surface area contributed by atoms with E-state index in [1.807, 2.05) is 0 Å². The highest BCUT2D eigenvalue weighted by Gasteiger charge is 2.20. The zero-order chi connectivity index (χ0) is 4.57. The third-order valence-corrected chi connectivity index (χ3v) is 1.80. The molecule has 0 nitrogen and oxygen atoms in total. The van der Waals surface area contributed by atoms with Gasteiger partial charge in [0.15, 0.2) is 0 Å². The normalized spacial score (nSPS) is 45.0. The third-order valence-electron chi connectivity index (χ3n) is 1.80. The van der Waals surface area contributed by atoms with Crippen LogP contribution in [0.2, 0.25) is 0 Å². The van der Waals surface area contributed by atoms with Crippen LogP contribution in [-0.2, 0) is 0 Å². The van der Waals surface area contributed by atoms with E-state index >= 15 is 0 Å². The number of hydrogen-bond acceptors (Lipinski definition) is 0. The maximum Gasteiger partial charge on any atom is -0.0388 e. The van der Waals surface area contributed by atoms with Gasteiger partial charge >= 0.3 is 0 Å². The van der Waals surface area contributed by atoms with E-state index in [2.05, 4.69) is 13.8 Å². The van der Waals surface area contributed by atoms with Crippen molar-refractivity contribution < 1.29 is 0 Å². The van der Waals surface area contributed by atoms with Crippen molar-refractivity contribution in [3.8, 4) is 0 Å². The summed E-state index contributed by atoms with van der Waals surface area (Å²) >= 11 is 0. The molecule has 0 heterocycles. The minimum atomic E-state index is 0.782. The fourth-order valence-electron chi connectivity index (χ4n) is 0.736. The first-order valence-corrected chi connectivity index (χ1v) is 2.64. The molecule has 2 atom stereocenters. The molecular weight excluding hydrogens is 72.1 g/mol. The molecule has 6 heavy (non-hydrogen) atoms. The SMILES string of the molecule is [CH2][C@@H]1CC[C@@H]1C. The van der Waals surface area contributed by atoms with Crippen molar-refractivity contribution in [2.45, 2.75) is 19.8 Å². The van der Waals surface area contributed by atoms with Crippen LogP contribution in [0.1, 0.15) is 19.8 Å². The molecule has 1 aliphatic carbocycles. The topological polar surface area (TPSA) is 0 Å². The molecule has 0 unspecified atom stereocenters. The molecule has 1 fully saturated rings. The molecule has 0 aromatic heterocycles. The Morgan fingerprint density at radius 3 is 2.00 bits per heavy atom.